The molecule has 4 heteroatoms. The molecule has 0 aliphatic carbocycles. The smallest absolute Gasteiger partial charge is 0.0888 e. The Kier molecular flexibility index (Phi) is 6.31. The van der Waals surface area contributed by atoms with E-state index in [4.69, 9.17) is 4.74 Å². The van der Waals surface area contributed by atoms with E-state index in [9.17, 15) is 0 Å². The Balaban J connectivity index is 1.69. The lowest BCUT2D eigenvalue weighted by Crippen LogP contribution is -2.21. The fourth-order valence-electron chi connectivity index (χ4n) is 1.87. The second-order valence-electron chi connectivity index (χ2n) is 5.32. The molecule has 0 spiro atoms. The first kappa shape index (κ1) is 15.6. The van der Waals surface area contributed by atoms with Gasteiger partial charge in [-0.15, -0.1) is 0 Å². The molecule has 2 aromatic rings. The molecular weight excluding hydrogens is 262 g/mol. The number of ether oxygens (including phenoxy) is 1. The maximum absolute atomic E-state index is 5.64. The van der Waals surface area contributed by atoms with E-state index < -0.39 is 0 Å². The van der Waals surface area contributed by atoms with Crippen molar-refractivity contribution in [2.24, 2.45) is 0 Å². The third-order valence-electron chi connectivity index (χ3n) is 3.08. The van der Waals surface area contributed by atoms with Crippen LogP contribution >= 0.6 is 0 Å². The Morgan fingerprint density at radius 2 is 2.00 bits per heavy atom. The Labute approximate surface area is 126 Å². The summed E-state index contributed by atoms with van der Waals surface area (Å²) in [4.78, 5) is 8.69. The fourth-order valence-corrected chi connectivity index (χ4v) is 1.87. The Hall–Kier alpha value is -1.78. The van der Waals surface area contributed by atoms with Gasteiger partial charge in [0.05, 0.1) is 18.9 Å². The van der Waals surface area contributed by atoms with Gasteiger partial charge in [0.15, 0.2) is 0 Å². The molecule has 0 aromatic carbocycles. The van der Waals surface area contributed by atoms with Gasteiger partial charge in [0, 0.05) is 37.1 Å². The molecule has 0 saturated heterocycles. The molecule has 2 rings (SSSR count). The largest absolute Gasteiger partial charge is 0.375 e. The predicted molar refractivity (Wildman–Crippen MR) is 83.8 cm³/mol. The third-order valence-corrected chi connectivity index (χ3v) is 3.08. The zero-order chi connectivity index (χ0) is 14.9. The maximum Gasteiger partial charge on any atom is 0.0888 e. The van der Waals surface area contributed by atoms with Crippen LogP contribution in [0.1, 0.15) is 30.8 Å². The van der Waals surface area contributed by atoms with Crippen LogP contribution in [-0.4, -0.2) is 22.6 Å². The van der Waals surface area contributed by atoms with Gasteiger partial charge < -0.3 is 10.1 Å². The molecule has 4 nitrogen and oxygen atoms in total. The summed E-state index contributed by atoms with van der Waals surface area (Å²) in [5, 5.41) is 3.37. The first-order valence-corrected chi connectivity index (χ1v) is 7.39. The van der Waals surface area contributed by atoms with Gasteiger partial charge in [-0.05, 0) is 23.8 Å². The van der Waals surface area contributed by atoms with Gasteiger partial charge in [0.1, 0.15) is 0 Å². The maximum atomic E-state index is 5.64. The molecule has 0 atom stereocenters. The van der Waals surface area contributed by atoms with Crippen molar-refractivity contribution in [3.8, 4) is 0 Å². The van der Waals surface area contributed by atoms with Crippen molar-refractivity contribution in [3.63, 3.8) is 0 Å². The molecule has 0 bridgehead atoms. The molecule has 0 saturated carbocycles. The summed E-state index contributed by atoms with van der Waals surface area (Å²) in [6, 6.07) is 10.5. The molecule has 0 amide bonds. The first-order chi connectivity index (χ1) is 10.2. The van der Waals surface area contributed by atoms with Crippen molar-refractivity contribution < 1.29 is 4.74 Å². The summed E-state index contributed by atoms with van der Waals surface area (Å²) in [5.41, 5.74) is 3.21. The molecule has 1 N–H and O–H groups in total. The van der Waals surface area contributed by atoms with Crippen LogP contribution in [0.2, 0.25) is 0 Å². The van der Waals surface area contributed by atoms with Crippen molar-refractivity contribution >= 4 is 0 Å². The number of pyridine rings is 2. The third kappa shape index (κ3) is 6.02. The van der Waals surface area contributed by atoms with E-state index in [1.807, 2.05) is 30.5 Å². The minimum atomic E-state index is 0.486. The molecular formula is C17H23N3O. The van der Waals surface area contributed by atoms with E-state index >= 15 is 0 Å². The highest BCUT2D eigenvalue weighted by molar-refractivity contribution is 5.13. The highest BCUT2D eigenvalue weighted by Crippen LogP contribution is 2.03. The van der Waals surface area contributed by atoms with Crippen LogP contribution in [0.25, 0.3) is 0 Å². The van der Waals surface area contributed by atoms with Gasteiger partial charge in [-0.2, -0.15) is 0 Å². The number of hydrogen-bond acceptors (Lipinski definition) is 4. The average Bonchev–Trinajstić information content (AvgIpc) is 2.52. The minimum absolute atomic E-state index is 0.486. The molecule has 112 valence electrons. The van der Waals surface area contributed by atoms with Crippen LogP contribution in [0, 0.1) is 0 Å². The fraction of sp³-hybridized carbons (Fsp3) is 0.412. The van der Waals surface area contributed by atoms with Crippen LogP contribution in [0.3, 0.4) is 0 Å². The van der Waals surface area contributed by atoms with E-state index in [1.54, 1.807) is 6.20 Å². The standard InChI is InChI=1S/C17H23N3O/c1-14(2)19-11-15-6-7-17(20-12-15)13-21-10-8-16-5-3-4-9-18-16/h3-7,9,12,14,19H,8,10-11,13H2,1-2H3. The van der Waals surface area contributed by atoms with Crippen LogP contribution < -0.4 is 5.32 Å². The zero-order valence-corrected chi connectivity index (χ0v) is 12.7. The van der Waals surface area contributed by atoms with Gasteiger partial charge >= 0.3 is 0 Å². The second kappa shape index (κ2) is 8.49. The van der Waals surface area contributed by atoms with E-state index in [-0.39, 0.29) is 0 Å². The van der Waals surface area contributed by atoms with Gasteiger partial charge in [-0.25, -0.2) is 0 Å². The quantitative estimate of drug-likeness (QED) is 0.758. The summed E-state index contributed by atoms with van der Waals surface area (Å²) in [7, 11) is 0. The summed E-state index contributed by atoms with van der Waals surface area (Å²) in [5.74, 6) is 0. The summed E-state index contributed by atoms with van der Waals surface area (Å²) in [6.07, 6.45) is 4.55. The van der Waals surface area contributed by atoms with E-state index in [0.717, 1.165) is 24.4 Å². The predicted octanol–water partition coefficient (Wildman–Crippen LogP) is 2.73. The normalized spacial score (nSPS) is 11.0. The van der Waals surface area contributed by atoms with Crippen molar-refractivity contribution in [3.05, 3.63) is 59.7 Å². The van der Waals surface area contributed by atoms with Crippen molar-refractivity contribution in [2.75, 3.05) is 6.61 Å². The monoisotopic (exact) mass is 285 g/mol. The highest BCUT2D eigenvalue weighted by Gasteiger charge is 1.99. The van der Waals surface area contributed by atoms with Crippen LogP contribution in [0.4, 0.5) is 0 Å². The molecule has 0 radical (unpaired) electrons. The van der Waals surface area contributed by atoms with Gasteiger partial charge in [0.2, 0.25) is 0 Å². The Bertz CT molecular complexity index is 511. The van der Waals surface area contributed by atoms with Crippen LogP contribution in [-0.2, 0) is 24.3 Å². The van der Waals surface area contributed by atoms with E-state index in [2.05, 4.69) is 35.2 Å². The second-order valence-corrected chi connectivity index (χ2v) is 5.32. The van der Waals surface area contributed by atoms with Crippen molar-refractivity contribution in [2.45, 2.75) is 39.5 Å². The number of rotatable bonds is 8. The SMILES string of the molecule is CC(C)NCc1ccc(COCCc2ccccn2)nc1. The van der Waals surface area contributed by atoms with Crippen molar-refractivity contribution in [1.29, 1.82) is 0 Å². The summed E-state index contributed by atoms with van der Waals surface area (Å²) < 4.78 is 5.64. The molecule has 0 aliphatic rings. The van der Waals surface area contributed by atoms with E-state index in [0.29, 0.717) is 19.3 Å². The lowest BCUT2D eigenvalue weighted by atomic mass is 10.2. The summed E-state index contributed by atoms with van der Waals surface area (Å²) in [6.45, 7) is 6.33. The van der Waals surface area contributed by atoms with Gasteiger partial charge in [-0.1, -0.05) is 26.0 Å². The lowest BCUT2D eigenvalue weighted by Gasteiger charge is -2.08. The zero-order valence-electron chi connectivity index (χ0n) is 12.7. The minimum Gasteiger partial charge on any atom is -0.375 e. The number of hydrogen-bond donors (Lipinski definition) is 1. The lowest BCUT2D eigenvalue weighted by molar-refractivity contribution is 0.120. The molecule has 0 aliphatic heterocycles. The molecule has 0 unspecified atom stereocenters. The van der Waals surface area contributed by atoms with Crippen LogP contribution in [0.5, 0.6) is 0 Å². The number of nitrogens with one attached hydrogen (secondary N) is 1. The molecule has 21 heavy (non-hydrogen) atoms. The Morgan fingerprint density at radius 1 is 1.10 bits per heavy atom. The first-order valence-electron chi connectivity index (χ1n) is 7.39. The number of aromatic nitrogens is 2. The molecule has 2 aromatic heterocycles. The number of nitrogens with zero attached hydrogens (tertiary/aromatic N) is 2. The van der Waals surface area contributed by atoms with E-state index in [1.165, 1.54) is 5.56 Å². The van der Waals surface area contributed by atoms with Crippen LogP contribution in [0.15, 0.2) is 42.7 Å². The highest BCUT2D eigenvalue weighted by atomic mass is 16.5. The summed E-state index contributed by atoms with van der Waals surface area (Å²) >= 11 is 0. The topological polar surface area (TPSA) is 47.0 Å². The average molecular weight is 285 g/mol. The molecule has 0 fully saturated rings. The Morgan fingerprint density at radius 3 is 2.67 bits per heavy atom. The molecule has 2 heterocycles. The van der Waals surface area contributed by atoms with Gasteiger partial charge in [0.25, 0.3) is 0 Å². The van der Waals surface area contributed by atoms with Gasteiger partial charge in [-0.3, -0.25) is 9.97 Å². The van der Waals surface area contributed by atoms with Crippen molar-refractivity contribution in [1.82, 2.24) is 15.3 Å².